The Hall–Kier alpha value is -1.62. The third kappa shape index (κ3) is 1.99. The van der Waals surface area contributed by atoms with Gasteiger partial charge < -0.3 is 16.2 Å². The Bertz CT molecular complexity index is 430. The Morgan fingerprint density at radius 2 is 2.25 bits per heavy atom. The molecule has 0 radical (unpaired) electrons. The molecule has 16 heavy (non-hydrogen) atoms. The van der Waals surface area contributed by atoms with Crippen molar-refractivity contribution in [3.8, 4) is 5.75 Å². The van der Waals surface area contributed by atoms with Crippen LogP contribution in [0.1, 0.15) is 23.2 Å². The minimum atomic E-state index is -0.555. The number of rotatable bonds is 3. The van der Waals surface area contributed by atoms with Crippen molar-refractivity contribution in [2.75, 3.05) is 6.54 Å². The molecule has 0 spiro atoms. The van der Waals surface area contributed by atoms with Crippen molar-refractivity contribution >= 4 is 5.91 Å². The van der Waals surface area contributed by atoms with E-state index in [1.165, 1.54) is 0 Å². The molecule has 1 aromatic rings. The van der Waals surface area contributed by atoms with Crippen molar-refractivity contribution in [3.05, 3.63) is 29.6 Å². The van der Waals surface area contributed by atoms with E-state index in [4.69, 9.17) is 5.73 Å². The predicted molar refractivity (Wildman–Crippen MR) is 56.6 cm³/mol. The molecule has 0 aromatic heterocycles. The first-order valence-corrected chi connectivity index (χ1v) is 5.07. The zero-order valence-corrected chi connectivity index (χ0v) is 8.66. The summed E-state index contributed by atoms with van der Waals surface area (Å²) in [6.45, 7) is 0.356. The highest BCUT2D eigenvalue weighted by Gasteiger charge is 2.42. The molecule has 4 nitrogen and oxygen atoms in total. The van der Waals surface area contributed by atoms with Gasteiger partial charge >= 0.3 is 0 Å². The Balaban J connectivity index is 2.17. The van der Waals surface area contributed by atoms with E-state index in [9.17, 15) is 14.3 Å². The van der Waals surface area contributed by atoms with Gasteiger partial charge in [0.05, 0.1) is 11.1 Å². The number of aromatic hydroxyl groups is 1. The highest BCUT2D eigenvalue weighted by molar-refractivity contribution is 5.97. The lowest BCUT2D eigenvalue weighted by Gasteiger charge is -2.15. The second-order valence-corrected chi connectivity index (χ2v) is 4.10. The minimum Gasteiger partial charge on any atom is -0.507 e. The molecular formula is C11H13FN2O2. The molecular weight excluding hydrogens is 211 g/mol. The van der Waals surface area contributed by atoms with E-state index in [1.54, 1.807) is 0 Å². The zero-order valence-electron chi connectivity index (χ0n) is 8.66. The van der Waals surface area contributed by atoms with Crippen molar-refractivity contribution in [2.45, 2.75) is 18.4 Å². The van der Waals surface area contributed by atoms with Gasteiger partial charge in [-0.05, 0) is 31.0 Å². The van der Waals surface area contributed by atoms with Gasteiger partial charge in [0.2, 0.25) is 0 Å². The van der Waals surface area contributed by atoms with E-state index in [0.717, 1.165) is 31.0 Å². The van der Waals surface area contributed by atoms with E-state index < -0.39 is 11.7 Å². The molecule has 2 rings (SSSR count). The molecule has 4 N–H and O–H groups in total. The van der Waals surface area contributed by atoms with E-state index >= 15 is 0 Å². The summed E-state index contributed by atoms with van der Waals surface area (Å²) in [7, 11) is 0. The fourth-order valence-corrected chi connectivity index (χ4v) is 1.53. The maximum absolute atomic E-state index is 12.9. The van der Waals surface area contributed by atoms with E-state index in [1.807, 2.05) is 0 Å². The minimum absolute atomic E-state index is 0.0558. The lowest BCUT2D eigenvalue weighted by Crippen LogP contribution is -2.42. The Kier molecular flexibility index (Phi) is 2.55. The first kappa shape index (κ1) is 10.9. The molecule has 1 aliphatic carbocycles. The average molecular weight is 224 g/mol. The van der Waals surface area contributed by atoms with Gasteiger partial charge in [0.1, 0.15) is 11.6 Å². The molecule has 0 atom stereocenters. The van der Waals surface area contributed by atoms with Gasteiger partial charge in [0.15, 0.2) is 0 Å². The monoisotopic (exact) mass is 224 g/mol. The summed E-state index contributed by atoms with van der Waals surface area (Å²) < 4.78 is 12.9. The van der Waals surface area contributed by atoms with Gasteiger partial charge in [-0.1, -0.05) is 0 Å². The maximum Gasteiger partial charge on any atom is 0.255 e. The maximum atomic E-state index is 12.9. The van der Waals surface area contributed by atoms with Gasteiger partial charge in [-0.3, -0.25) is 4.79 Å². The summed E-state index contributed by atoms with van der Waals surface area (Å²) >= 11 is 0. The lowest BCUT2D eigenvalue weighted by atomic mass is 10.1. The number of nitrogens with two attached hydrogens (primary N) is 1. The number of hydrogen-bond donors (Lipinski definition) is 3. The van der Waals surface area contributed by atoms with E-state index in [0.29, 0.717) is 6.54 Å². The van der Waals surface area contributed by atoms with Gasteiger partial charge in [-0.25, -0.2) is 4.39 Å². The molecule has 0 aliphatic heterocycles. The Labute approximate surface area is 92.3 Å². The number of amides is 1. The Morgan fingerprint density at radius 1 is 1.56 bits per heavy atom. The number of phenols is 1. The first-order chi connectivity index (χ1) is 7.56. The smallest absolute Gasteiger partial charge is 0.255 e. The Morgan fingerprint density at radius 3 is 2.81 bits per heavy atom. The SMILES string of the molecule is NCC1(NC(=O)c2cc(F)ccc2O)CC1. The molecule has 0 heterocycles. The number of carbonyl (C=O) groups excluding carboxylic acids is 1. The third-order valence-electron chi connectivity index (χ3n) is 2.83. The summed E-state index contributed by atoms with van der Waals surface area (Å²) in [4.78, 5) is 11.7. The van der Waals surface area contributed by atoms with Crippen LogP contribution >= 0.6 is 0 Å². The summed E-state index contributed by atoms with van der Waals surface area (Å²) in [6.07, 6.45) is 1.65. The molecule has 0 saturated heterocycles. The van der Waals surface area contributed by atoms with Crippen LogP contribution in [0, 0.1) is 5.82 Å². The van der Waals surface area contributed by atoms with Crippen molar-refractivity contribution in [2.24, 2.45) is 5.73 Å². The van der Waals surface area contributed by atoms with Crippen LogP contribution in [-0.4, -0.2) is 23.1 Å². The topological polar surface area (TPSA) is 75.3 Å². The number of nitrogens with one attached hydrogen (secondary N) is 1. The lowest BCUT2D eigenvalue weighted by molar-refractivity contribution is 0.0930. The highest BCUT2D eigenvalue weighted by Crippen LogP contribution is 2.34. The van der Waals surface area contributed by atoms with Gasteiger partial charge in [-0.2, -0.15) is 0 Å². The van der Waals surface area contributed by atoms with Gasteiger partial charge in [0, 0.05) is 6.54 Å². The highest BCUT2D eigenvalue weighted by atomic mass is 19.1. The van der Waals surface area contributed by atoms with Crippen LogP contribution in [0.2, 0.25) is 0 Å². The summed E-state index contributed by atoms with van der Waals surface area (Å²) in [5.41, 5.74) is 5.10. The zero-order chi connectivity index (χ0) is 11.8. The molecule has 0 bridgehead atoms. The number of hydrogen-bond acceptors (Lipinski definition) is 3. The first-order valence-electron chi connectivity index (χ1n) is 5.07. The summed E-state index contributed by atoms with van der Waals surface area (Å²) in [6, 6.07) is 3.27. The molecule has 5 heteroatoms. The van der Waals surface area contributed by atoms with E-state index in [2.05, 4.69) is 5.32 Å². The fraction of sp³-hybridized carbons (Fsp3) is 0.364. The van der Waals surface area contributed by atoms with Crippen LogP contribution in [0.4, 0.5) is 4.39 Å². The second-order valence-electron chi connectivity index (χ2n) is 4.10. The quantitative estimate of drug-likeness (QED) is 0.709. The molecule has 1 amide bonds. The van der Waals surface area contributed by atoms with Gasteiger partial charge in [-0.15, -0.1) is 0 Å². The average Bonchev–Trinajstić information content (AvgIpc) is 3.02. The number of carbonyl (C=O) groups is 1. The molecule has 1 aliphatic rings. The fourth-order valence-electron chi connectivity index (χ4n) is 1.53. The van der Waals surface area contributed by atoms with Crippen LogP contribution in [0.15, 0.2) is 18.2 Å². The van der Waals surface area contributed by atoms with Crippen molar-refractivity contribution in [3.63, 3.8) is 0 Å². The van der Waals surface area contributed by atoms with Crippen LogP contribution in [-0.2, 0) is 0 Å². The van der Waals surface area contributed by atoms with Crippen LogP contribution in [0.3, 0.4) is 0 Å². The van der Waals surface area contributed by atoms with Crippen LogP contribution in [0.5, 0.6) is 5.75 Å². The normalized spacial score (nSPS) is 16.9. The third-order valence-corrected chi connectivity index (χ3v) is 2.83. The van der Waals surface area contributed by atoms with Crippen molar-refractivity contribution in [1.82, 2.24) is 5.32 Å². The molecule has 1 fully saturated rings. The van der Waals surface area contributed by atoms with Crippen LogP contribution in [0.25, 0.3) is 0 Å². The number of halogens is 1. The predicted octanol–water partition coefficient (Wildman–Crippen LogP) is 0.752. The number of phenolic OH excluding ortho intramolecular Hbond substituents is 1. The standard InChI is InChI=1S/C11H13FN2O2/c12-7-1-2-9(15)8(5-7)10(16)14-11(6-13)3-4-11/h1-2,5,15H,3-4,6,13H2,(H,14,16). The second kappa shape index (κ2) is 3.75. The van der Waals surface area contributed by atoms with Crippen molar-refractivity contribution in [1.29, 1.82) is 0 Å². The molecule has 86 valence electrons. The van der Waals surface area contributed by atoms with Gasteiger partial charge in [0.25, 0.3) is 5.91 Å². The molecule has 1 aromatic carbocycles. The summed E-state index contributed by atoms with van der Waals surface area (Å²) in [5.74, 6) is -1.27. The molecule has 1 saturated carbocycles. The summed E-state index contributed by atoms with van der Waals surface area (Å²) in [5, 5.41) is 12.1. The van der Waals surface area contributed by atoms with Crippen molar-refractivity contribution < 1.29 is 14.3 Å². The molecule has 0 unspecified atom stereocenters. The largest absolute Gasteiger partial charge is 0.507 e. The van der Waals surface area contributed by atoms with Crippen LogP contribution < -0.4 is 11.1 Å². The van der Waals surface area contributed by atoms with E-state index in [-0.39, 0.29) is 16.9 Å². The number of benzene rings is 1.